The first-order chi connectivity index (χ1) is 10.1. The average Bonchev–Trinajstić information content (AvgIpc) is 2.49. The van der Waals surface area contributed by atoms with E-state index in [1.807, 2.05) is 6.07 Å². The topological polar surface area (TPSA) is 52.9 Å². The third kappa shape index (κ3) is 4.34. The van der Waals surface area contributed by atoms with Gasteiger partial charge in [-0.05, 0) is 42.5 Å². The van der Waals surface area contributed by atoms with Crippen LogP contribution in [0.1, 0.15) is 38.2 Å². The van der Waals surface area contributed by atoms with Crippen molar-refractivity contribution in [3.8, 4) is 6.07 Å². The van der Waals surface area contributed by atoms with Crippen molar-refractivity contribution >= 4 is 23.6 Å². The fourth-order valence-electron chi connectivity index (χ4n) is 2.65. The molecule has 1 amide bonds. The van der Waals surface area contributed by atoms with Gasteiger partial charge in [0.1, 0.15) is 11.6 Å². The lowest BCUT2D eigenvalue weighted by Crippen LogP contribution is -2.41. The third-order valence-corrected chi connectivity index (χ3v) is 4.23. The highest BCUT2D eigenvalue weighted by Crippen LogP contribution is 2.24. The maximum atomic E-state index is 12.2. The van der Waals surface area contributed by atoms with Gasteiger partial charge in [0.05, 0.1) is 0 Å². The summed E-state index contributed by atoms with van der Waals surface area (Å²) in [4.78, 5) is 12.2. The summed E-state index contributed by atoms with van der Waals surface area (Å²) in [5.41, 5.74) is 0.929. The van der Waals surface area contributed by atoms with E-state index >= 15 is 0 Å². The van der Waals surface area contributed by atoms with Gasteiger partial charge in [0.25, 0.3) is 5.91 Å². The average molecular weight is 303 g/mol. The maximum Gasteiger partial charge on any atom is 0.262 e. The van der Waals surface area contributed by atoms with E-state index in [4.69, 9.17) is 11.6 Å². The first kappa shape index (κ1) is 15.6. The second-order valence-electron chi connectivity index (χ2n) is 5.56. The minimum atomic E-state index is -0.286. The van der Waals surface area contributed by atoms with Crippen molar-refractivity contribution in [3.05, 3.63) is 40.4 Å². The van der Waals surface area contributed by atoms with Crippen molar-refractivity contribution in [2.24, 2.45) is 5.92 Å². The number of halogens is 1. The summed E-state index contributed by atoms with van der Waals surface area (Å²) >= 11 is 5.82. The van der Waals surface area contributed by atoms with Gasteiger partial charge in [-0.1, -0.05) is 43.5 Å². The molecule has 1 N–H and O–H groups in total. The highest BCUT2D eigenvalue weighted by molar-refractivity contribution is 6.30. The van der Waals surface area contributed by atoms with Gasteiger partial charge in [-0.2, -0.15) is 5.26 Å². The Morgan fingerprint density at radius 1 is 1.33 bits per heavy atom. The molecule has 0 spiro atoms. The maximum absolute atomic E-state index is 12.2. The molecule has 0 aliphatic heterocycles. The minimum Gasteiger partial charge on any atom is -0.348 e. The lowest BCUT2D eigenvalue weighted by atomic mass is 9.86. The van der Waals surface area contributed by atoms with Crippen molar-refractivity contribution in [2.45, 2.75) is 38.6 Å². The quantitative estimate of drug-likeness (QED) is 0.679. The molecule has 2 rings (SSSR count). The smallest absolute Gasteiger partial charge is 0.262 e. The van der Waals surface area contributed by atoms with E-state index in [-0.39, 0.29) is 17.5 Å². The summed E-state index contributed by atoms with van der Waals surface area (Å²) in [5.74, 6) is 0.185. The number of carbonyl (C=O) groups is 1. The summed E-state index contributed by atoms with van der Waals surface area (Å²) in [6, 6.07) is 9.21. The Labute approximate surface area is 130 Å². The minimum absolute atomic E-state index is 0.134. The lowest BCUT2D eigenvalue weighted by molar-refractivity contribution is -0.118. The molecular formula is C17H19ClN2O. The van der Waals surface area contributed by atoms with Crippen LogP contribution < -0.4 is 5.32 Å². The van der Waals surface area contributed by atoms with Crippen LogP contribution in [0.15, 0.2) is 29.8 Å². The standard InChI is InChI=1S/C17H19ClN2O/c1-12-4-2-3-5-16(12)20-17(21)14(11-19)10-13-6-8-15(18)9-7-13/h6-10,12,16H,2-5H2,1H3,(H,20,21)/b14-10+/t12-,16+/m0/s1. The van der Waals surface area contributed by atoms with Crippen LogP contribution >= 0.6 is 11.6 Å². The Bertz CT molecular complexity index is 571. The molecule has 1 aliphatic rings. The molecule has 0 aromatic heterocycles. The zero-order chi connectivity index (χ0) is 15.2. The number of carbonyl (C=O) groups excluding carboxylic acids is 1. The molecule has 110 valence electrons. The van der Waals surface area contributed by atoms with Crippen molar-refractivity contribution in [1.82, 2.24) is 5.32 Å². The van der Waals surface area contributed by atoms with Gasteiger partial charge in [0.2, 0.25) is 0 Å². The molecule has 2 atom stereocenters. The summed E-state index contributed by atoms with van der Waals surface area (Å²) in [6.07, 6.45) is 6.08. The third-order valence-electron chi connectivity index (χ3n) is 3.97. The zero-order valence-corrected chi connectivity index (χ0v) is 12.9. The number of rotatable bonds is 3. The Kier molecular flexibility index (Phi) is 5.41. The number of hydrogen-bond acceptors (Lipinski definition) is 2. The van der Waals surface area contributed by atoms with E-state index in [2.05, 4.69) is 12.2 Å². The molecular weight excluding hydrogens is 284 g/mol. The predicted molar refractivity (Wildman–Crippen MR) is 84.6 cm³/mol. The van der Waals surface area contributed by atoms with E-state index in [1.165, 1.54) is 6.42 Å². The molecule has 0 saturated heterocycles. The summed E-state index contributed by atoms with van der Waals surface area (Å²) in [7, 11) is 0. The predicted octanol–water partition coefficient (Wildman–Crippen LogP) is 3.94. The molecule has 1 fully saturated rings. The van der Waals surface area contributed by atoms with Crippen LogP contribution in [0.3, 0.4) is 0 Å². The van der Waals surface area contributed by atoms with E-state index < -0.39 is 0 Å². The lowest BCUT2D eigenvalue weighted by Gasteiger charge is -2.29. The first-order valence-corrected chi connectivity index (χ1v) is 7.66. The van der Waals surface area contributed by atoms with Crippen molar-refractivity contribution < 1.29 is 4.79 Å². The van der Waals surface area contributed by atoms with Gasteiger partial charge >= 0.3 is 0 Å². The highest BCUT2D eigenvalue weighted by atomic mass is 35.5. The molecule has 0 unspecified atom stereocenters. The monoisotopic (exact) mass is 302 g/mol. The fraction of sp³-hybridized carbons (Fsp3) is 0.412. The summed E-state index contributed by atoms with van der Waals surface area (Å²) in [6.45, 7) is 2.15. The van der Waals surface area contributed by atoms with Crippen LogP contribution in [-0.2, 0) is 4.79 Å². The molecule has 0 heterocycles. The Morgan fingerprint density at radius 2 is 2.00 bits per heavy atom. The number of nitriles is 1. The van der Waals surface area contributed by atoms with Crippen molar-refractivity contribution in [2.75, 3.05) is 0 Å². The number of hydrogen-bond donors (Lipinski definition) is 1. The second-order valence-corrected chi connectivity index (χ2v) is 6.00. The van der Waals surface area contributed by atoms with Gasteiger partial charge < -0.3 is 5.32 Å². The molecule has 3 nitrogen and oxygen atoms in total. The molecule has 1 aliphatic carbocycles. The van der Waals surface area contributed by atoms with Crippen LogP contribution in [0, 0.1) is 17.2 Å². The Balaban J connectivity index is 2.08. The molecule has 1 saturated carbocycles. The normalized spacial score (nSPS) is 22.4. The van der Waals surface area contributed by atoms with Gasteiger partial charge in [-0.15, -0.1) is 0 Å². The molecule has 1 aromatic rings. The molecule has 21 heavy (non-hydrogen) atoms. The van der Waals surface area contributed by atoms with E-state index in [1.54, 1.807) is 30.3 Å². The van der Waals surface area contributed by atoms with Gasteiger partial charge in [0.15, 0.2) is 0 Å². The van der Waals surface area contributed by atoms with E-state index in [0.717, 1.165) is 24.8 Å². The van der Waals surface area contributed by atoms with Gasteiger partial charge in [-0.3, -0.25) is 4.79 Å². The largest absolute Gasteiger partial charge is 0.348 e. The number of nitrogens with one attached hydrogen (secondary N) is 1. The number of amides is 1. The van der Waals surface area contributed by atoms with Crippen LogP contribution in [0.2, 0.25) is 5.02 Å². The number of nitrogens with zero attached hydrogens (tertiary/aromatic N) is 1. The zero-order valence-electron chi connectivity index (χ0n) is 12.1. The Morgan fingerprint density at radius 3 is 2.62 bits per heavy atom. The fourth-order valence-corrected chi connectivity index (χ4v) is 2.78. The van der Waals surface area contributed by atoms with Crippen LogP contribution in [-0.4, -0.2) is 11.9 Å². The highest BCUT2D eigenvalue weighted by Gasteiger charge is 2.23. The van der Waals surface area contributed by atoms with Gasteiger partial charge in [-0.25, -0.2) is 0 Å². The Hall–Kier alpha value is -1.79. The van der Waals surface area contributed by atoms with E-state index in [0.29, 0.717) is 10.9 Å². The molecule has 4 heteroatoms. The molecule has 1 aromatic carbocycles. The van der Waals surface area contributed by atoms with Crippen LogP contribution in [0.5, 0.6) is 0 Å². The molecule has 0 bridgehead atoms. The first-order valence-electron chi connectivity index (χ1n) is 7.28. The van der Waals surface area contributed by atoms with Crippen LogP contribution in [0.25, 0.3) is 6.08 Å². The SMILES string of the molecule is C[C@H]1CCCC[C@H]1NC(=O)/C(C#N)=C/c1ccc(Cl)cc1. The van der Waals surface area contributed by atoms with Crippen LogP contribution in [0.4, 0.5) is 0 Å². The van der Waals surface area contributed by atoms with Crippen molar-refractivity contribution in [1.29, 1.82) is 5.26 Å². The van der Waals surface area contributed by atoms with E-state index in [9.17, 15) is 10.1 Å². The summed E-state index contributed by atoms with van der Waals surface area (Å²) < 4.78 is 0. The number of benzene rings is 1. The van der Waals surface area contributed by atoms with Crippen molar-refractivity contribution in [3.63, 3.8) is 0 Å². The van der Waals surface area contributed by atoms with Gasteiger partial charge in [0, 0.05) is 11.1 Å². The summed E-state index contributed by atoms with van der Waals surface area (Å²) in [5, 5.41) is 12.8. The molecule has 0 radical (unpaired) electrons. The second kappa shape index (κ2) is 7.28.